The fraction of sp³-hybridized carbons (Fsp3) is 0.500. The van der Waals surface area contributed by atoms with E-state index >= 15 is 0 Å². The van der Waals surface area contributed by atoms with Crippen LogP contribution in [-0.2, 0) is 15.0 Å². The quantitative estimate of drug-likeness (QED) is 0.710. The molecule has 0 spiro atoms. The van der Waals surface area contributed by atoms with Gasteiger partial charge in [0.2, 0.25) is 0 Å². The first-order valence-corrected chi connectivity index (χ1v) is 8.71. The van der Waals surface area contributed by atoms with Crippen LogP contribution in [0, 0.1) is 0 Å². The molecule has 1 unspecified atom stereocenters. The number of aliphatic carboxylic acids is 1. The molecule has 1 atom stereocenters. The third kappa shape index (κ3) is 4.81. The molecule has 8 nitrogen and oxygen atoms in total. The van der Waals surface area contributed by atoms with Gasteiger partial charge in [-0.15, -0.1) is 0 Å². The number of benzene rings is 1. The molecule has 1 aliphatic rings. The summed E-state index contributed by atoms with van der Waals surface area (Å²) in [5, 5.41) is 8.56. The number of carbonyl (C=O) groups is 1. The van der Waals surface area contributed by atoms with E-state index < -0.39 is 22.7 Å². The molecule has 1 fully saturated rings. The number of ether oxygens (including phenoxy) is 2. The Labute approximate surface area is 135 Å². The molecule has 1 aromatic carbocycles. The molecular weight excluding hydrogens is 324 g/mol. The summed E-state index contributed by atoms with van der Waals surface area (Å²) in [6.45, 7) is 2.17. The number of carboxylic acid groups (broad SMARTS) is 1. The molecule has 1 heterocycles. The normalized spacial score (nSPS) is 18.7. The largest absolute Gasteiger partial charge is 0.490 e. The summed E-state index contributed by atoms with van der Waals surface area (Å²) >= 11 is 0. The van der Waals surface area contributed by atoms with Gasteiger partial charge >= 0.3 is 5.97 Å². The van der Waals surface area contributed by atoms with Gasteiger partial charge in [-0.05, 0) is 25.5 Å². The van der Waals surface area contributed by atoms with Crippen LogP contribution in [0.2, 0.25) is 0 Å². The first-order chi connectivity index (χ1) is 10.9. The smallest absolute Gasteiger partial charge is 0.318 e. The summed E-state index contributed by atoms with van der Waals surface area (Å²) in [6.07, 6.45) is 0.215. The number of para-hydroxylation sites is 2. The van der Waals surface area contributed by atoms with E-state index in [0.717, 1.165) is 0 Å². The second kappa shape index (κ2) is 7.62. The lowest BCUT2D eigenvalue weighted by Crippen LogP contribution is -2.42. The molecule has 2 N–H and O–H groups in total. The van der Waals surface area contributed by atoms with Gasteiger partial charge in [0.05, 0.1) is 13.2 Å². The fourth-order valence-electron chi connectivity index (χ4n) is 2.26. The van der Waals surface area contributed by atoms with Crippen molar-refractivity contribution in [1.82, 2.24) is 9.03 Å². The summed E-state index contributed by atoms with van der Waals surface area (Å²) in [5.74, 6) is -0.0522. The van der Waals surface area contributed by atoms with Crippen molar-refractivity contribution in [3.8, 4) is 11.5 Å². The van der Waals surface area contributed by atoms with E-state index in [1.807, 2.05) is 23.8 Å². The Bertz CT molecular complexity index is 648. The van der Waals surface area contributed by atoms with Crippen molar-refractivity contribution >= 4 is 16.2 Å². The molecule has 0 radical (unpaired) electrons. The van der Waals surface area contributed by atoms with E-state index in [1.54, 1.807) is 12.1 Å². The van der Waals surface area contributed by atoms with E-state index in [1.165, 1.54) is 4.31 Å². The van der Waals surface area contributed by atoms with Crippen molar-refractivity contribution in [2.45, 2.75) is 19.4 Å². The summed E-state index contributed by atoms with van der Waals surface area (Å²) in [6, 6.07) is 7.20. The maximum atomic E-state index is 12.0. The van der Waals surface area contributed by atoms with Crippen molar-refractivity contribution < 1.29 is 27.8 Å². The SMILES string of the molecule is CCOc1ccccc1OC1CCN(S(=O)(=O)NCC(=O)O)C1. The van der Waals surface area contributed by atoms with Gasteiger partial charge in [-0.25, -0.2) is 0 Å². The van der Waals surface area contributed by atoms with Gasteiger partial charge in [-0.3, -0.25) is 4.79 Å². The van der Waals surface area contributed by atoms with E-state index in [2.05, 4.69) is 0 Å². The van der Waals surface area contributed by atoms with E-state index in [-0.39, 0.29) is 19.2 Å². The molecule has 9 heteroatoms. The Hall–Kier alpha value is -1.84. The van der Waals surface area contributed by atoms with Crippen LogP contribution in [0.4, 0.5) is 0 Å². The monoisotopic (exact) mass is 344 g/mol. The van der Waals surface area contributed by atoms with E-state index in [0.29, 0.717) is 24.5 Å². The molecule has 1 aliphatic heterocycles. The van der Waals surface area contributed by atoms with Crippen LogP contribution >= 0.6 is 0 Å². The summed E-state index contributed by atoms with van der Waals surface area (Å²) in [7, 11) is -3.81. The molecule has 128 valence electrons. The minimum atomic E-state index is -3.81. The Morgan fingerprint density at radius 1 is 1.39 bits per heavy atom. The molecule has 0 aromatic heterocycles. The lowest BCUT2D eigenvalue weighted by Gasteiger charge is -2.18. The topological polar surface area (TPSA) is 105 Å². The van der Waals surface area contributed by atoms with Crippen molar-refractivity contribution in [3.05, 3.63) is 24.3 Å². The van der Waals surface area contributed by atoms with Crippen LogP contribution in [0.3, 0.4) is 0 Å². The summed E-state index contributed by atoms with van der Waals surface area (Å²) < 4.78 is 38.5. The maximum Gasteiger partial charge on any atom is 0.318 e. The highest BCUT2D eigenvalue weighted by Gasteiger charge is 2.33. The lowest BCUT2D eigenvalue weighted by atomic mass is 10.3. The number of hydrogen-bond donors (Lipinski definition) is 2. The van der Waals surface area contributed by atoms with Crippen molar-refractivity contribution in [2.75, 3.05) is 26.2 Å². The number of nitrogens with one attached hydrogen (secondary N) is 1. The molecule has 0 amide bonds. The molecular formula is C14H20N2O6S. The molecule has 0 saturated carbocycles. The highest BCUT2D eigenvalue weighted by atomic mass is 32.2. The first-order valence-electron chi connectivity index (χ1n) is 7.27. The Balaban J connectivity index is 1.97. The Morgan fingerprint density at radius 3 is 2.74 bits per heavy atom. The Kier molecular flexibility index (Phi) is 5.80. The second-order valence-electron chi connectivity index (χ2n) is 4.99. The molecule has 0 bridgehead atoms. The van der Waals surface area contributed by atoms with Crippen molar-refractivity contribution in [3.63, 3.8) is 0 Å². The number of nitrogens with zero attached hydrogens (tertiary/aromatic N) is 1. The van der Waals surface area contributed by atoms with Crippen LogP contribution in [0.5, 0.6) is 11.5 Å². The molecule has 1 aromatic rings. The van der Waals surface area contributed by atoms with Gasteiger partial charge in [0.15, 0.2) is 11.5 Å². The second-order valence-corrected chi connectivity index (χ2v) is 6.74. The van der Waals surface area contributed by atoms with Crippen LogP contribution < -0.4 is 14.2 Å². The molecule has 2 rings (SSSR count). The zero-order valence-electron chi connectivity index (χ0n) is 12.8. The predicted molar refractivity (Wildman–Crippen MR) is 82.8 cm³/mol. The van der Waals surface area contributed by atoms with Gasteiger partial charge in [-0.2, -0.15) is 17.4 Å². The van der Waals surface area contributed by atoms with Crippen molar-refractivity contribution in [2.24, 2.45) is 0 Å². The number of rotatable bonds is 8. The minimum absolute atomic E-state index is 0.162. The minimum Gasteiger partial charge on any atom is -0.490 e. The number of carboxylic acids is 1. The predicted octanol–water partition coefficient (Wildman–Crippen LogP) is 0.457. The van der Waals surface area contributed by atoms with Gasteiger partial charge < -0.3 is 14.6 Å². The summed E-state index contributed by atoms with van der Waals surface area (Å²) in [4.78, 5) is 10.5. The number of hydrogen-bond acceptors (Lipinski definition) is 5. The zero-order chi connectivity index (χ0) is 16.9. The van der Waals surface area contributed by atoms with Gasteiger partial charge in [0.1, 0.15) is 12.6 Å². The van der Waals surface area contributed by atoms with Gasteiger partial charge in [0, 0.05) is 6.54 Å². The van der Waals surface area contributed by atoms with E-state index in [4.69, 9.17) is 14.6 Å². The first kappa shape index (κ1) is 17.5. The maximum absolute atomic E-state index is 12.0. The zero-order valence-corrected chi connectivity index (χ0v) is 13.6. The van der Waals surface area contributed by atoms with Crippen LogP contribution in [0.15, 0.2) is 24.3 Å². The van der Waals surface area contributed by atoms with Crippen molar-refractivity contribution in [1.29, 1.82) is 0 Å². The highest BCUT2D eigenvalue weighted by molar-refractivity contribution is 7.87. The molecule has 0 aliphatic carbocycles. The average molecular weight is 344 g/mol. The fourth-order valence-corrected chi connectivity index (χ4v) is 3.45. The lowest BCUT2D eigenvalue weighted by molar-refractivity contribution is -0.135. The van der Waals surface area contributed by atoms with Crippen LogP contribution in [0.1, 0.15) is 13.3 Å². The summed E-state index contributed by atoms with van der Waals surface area (Å²) in [5.41, 5.74) is 0. The van der Waals surface area contributed by atoms with Gasteiger partial charge in [-0.1, -0.05) is 12.1 Å². The standard InChI is InChI=1S/C14H20N2O6S/c1-2-21-12-5-3-4-6-13(12)22-11-7-8-16(10-11)23(19,20)15-9-14(17)18/h3-6,11,15H,2,7-10H2,1H3,(H,17,18). The third-order valence-corrected chi connectivity index (χ3v) is 4.82. The third-order valence-electron chi connectivity index (χ3n) is 3.30. The molecule has 23 heavy (non-hydrogen) atoms. The molecule has 1 saturated heterocycles. The average Bonchev–Trinajstić information content (AvgIpc) is 2.97. The van der Waals surface area contributed by atoms with E-state index in [9.17, 15) is 13.2 Å². The highest BCUT2D eigenvalue weighted by Crippen LogP contribution is 2.29. The van der Waals surface area contributed by atoms with Gasteiger partial charge in [0.25, 0.3) is 10.2 Å². The Morgan fingerprint density at radius 2 is 2.09 bits per heavy atom. The van der Waals surface area contributed by atoms with Crippen LogP contribution in [-0.4, -0.2) is 56.1 Å². The van der Waals surface area contributed by atoms with Crippen LogP contribution in [0.25, 0.3) is 0 Å².